The van der Waals surface area contributed by atoms with E-state index in [0.717, 1.165) is 12.1 Å². The third-order valence-corrected chi connectivity index (χ3v) is 2.54. The minimum atomic E-state index is -4.46. The van der Waals surface area contributed by atoms with Gasteiger partial charge in [-0.05, 0) is 12.1 Å². The van der Waals surface area contributed by atoms with Crippen LogP contribution in [0, 0.1) is 0 Å². The first kappa shape index (κ1) is 10.6. The van der Waals surface area contributed by atoms with Gasteiger partial charge >= 0.3 is 6.18 Å². The summed E-state index contributed by atoms with van der Waals surface area (Å²) in [6, 6.07) is 1.60. The van der Waals surface area contributed by atoms with E-state index in [-0.39, 0.29) is 11.6 Å². The van der Waals surface area contributed by atoms with Gasteiger partial charge in [-0.2, -0.15) is 13.2 Å². The van der Waals surface area contributed by atoms with Crippen molar-refractivity contribution in [2.45, 2.75) is 12.2 Å². The first-order valence-electron chi connectivity index (χ1n) is 4.18. The average Bonchev–Trinajstić information content (AvgIpc) is 2.44. The van der Waals surface area contributed by atoms with Gasteiger partial charge in [0, 0.05) is 5.56 Å². The standard InChI is InChI=1S/C9H7ClF3NO/c10-6-2-8-4(7(14)3-15-8)1-5(6)9(11,12)13/h1-2,7H,3,14H2. The molecule has 15 heavy (non-hydrogen) atoms. The van der Waals surface area contributed by atoms with E-state index in [2.05, 4.69) is 0 Å². The molecule has 1 aliphatic rings. The van der Waals surface area contributed by atoms with E-state index in [4.69, 9.17) is 22.1 Å². The highest BCUT2D eigenvalue weighted by molar-refractivity contribution is 6.31. The molecule has 1 aromatic carbocycles. The highest BCUT2D eigenvalue weighted by Crippen LogP contribution is 2.41. The Morgan fingerprint density at radius 2 is 2.07 bits per heavy atom. The lowest BCUT2D eigenvalue weighted by Gasteiger charge is -2.11. The minimum Gasteiger partial charge on any atom is -0.491 e. The Hall–Kier alpha value is -0.940. The first-order valence-corrected chi connectivity index (χ1v) is 4.56. The normalized spacial score (nSPS) is 19.9. The predicted molar refractivity (Wildman–Crippen MR) is 48.9 cm³/mol. The minimum absolute atomic E-state index is 0.187. The van der Waals surface area contributed by atoms with Gasteiger partial charge in [0.2, 0.25) is 0 Å². The molecular weight excluding hydrogens is 231 g/mol. The Kier molecular flexibility index (Phi) is 2.31. The number of fused-ring (bicyclic) bond motifs is 1. The van der Waals surface area contributed by atoms with Crippen LogP contribution in [0.15, 0.2) is 12.1 Å². The van der Waals surface area contributed by atoms with E-state index in [1.165, 1.54) is 0 Å². The molecule has 0 spiro atoms. The SMILES string of the molecule is NC1COc2cc(Cl)c(C(F)(F)F)cc21. The molecule has 82 valence electrons. The molecule has 6 heteroatoms. The molecule has 2 N–H and O–H groups in total. The van der Waals surface area contributed by atoms with Gasteiger partial charge in [0.05, 0.1) is 16.6 Å². The molecule has 0 saturated carbocycles. The van der Waals surface area contributed by atoms with Gasteiger partial charge in [0.1, 0.15) is 12.4 Å². The number of alkyl halides is 3. The second kappa shape index (κ2) is 3.28. The van der Waals surface area contributed by atoms with Crippen molar-refractivity contribution < 1.29 is 17.9 Å². The summed E-state index contributed by atoms with van der Waals surface area (Å²) < 4.78 is 42.5. The molecule has 1 unspecified atom stereocenters. The molecule has 1 aliphatic heterocycles. The Morgan fingerprint density at radius 1 is 1.40 bits per heavy atom. The van der Waals surface area contributed by atoms with Gasteiger partial charge in [-0.1, -0.05) is 11.6 Å². The fourth-order valence-electron chi connectivity index (χ4n) is 1.47. The number of hydrogen-bond acceptors (Lipinski definition) is 2. The van der Waals surface area contributed by atoms with Crippen molar-refractivity contribution in [1.29, 1.82) is 0 Å². The molecule has 2 rings (SSSR count). The lowest BCUT2D eigenvalue weighted by Crippen LogP contribution is -2.12. The Bertz CT molecular complexity index is 405. The number of benzene rings is 1. The summed E-state index contributed by atoms with van der Waals surface area (Å²) in [7, 11) is 0. The van der Waals surface area contributed by atoms with Crippen LogP contribution in [0.5, 0.6) is 5.75 Å². The zero-order valence-corrected chi connectivity index (χ0v) is 8.19. The second-order valence-corrected chi connectivity index (χ2v) is 3.69. The van der Waals surface area contributed by atoms with Crippen LogP contribution >= 0.6 is 11.6 Å². The summed E-state index contributed by atoms with van der Waals surface area (Å²) in [6.07, 6.45) is -4.46. The van der Waals surface area contributed by atoms with Crippen LogP contribution in [-0.2, 0) is 6.18 Å². The summed E-state index contributed by atoms with van der Waals surface area (Å²) in [5.74, 6) is 0.334. The zero-order valence-electron chi connectivity index (χ0n) is 7.44. The smallest absolute Gasteiger partial charge is 0.417 e. The van der Waals surface area contributed by atoms with Crippen molar-refractivity contribution in [3.8, 4) is 5.75 Å². The Balaban J connectivity index is 2.55. The monoisotopic (exact) mass is 237 g/mol. The van der Waals surface area contributed by atoms with Crippen LogP contribution in [0.3, 0.4) is 0 Å². The Morgan fingerprint density at radius 3 is 2.67 bits per heavy atom. The summed E-state index contributed by atoms with van der Waals surface area (Å²) in [6.45, 7) is 0.187. The number of rotatable bonds is 0. The van der Waals surface area contributed by atoms with Crippen LogP contribution < -0.4 is 10.5 Å². The summed E-state index contributed by atoms with van der Waals surface area (Å²) >= 11 is 5.50. The summed E-state index contributed by atoms with van der Waals surface area (Å²) in [4.78, 5) is 0. The van der Waals surface area contributed by atoms with Gasteiger partial charge in [-0.15, -0.1) is 0 Å². The third kappa shape index (κ3) is 1.77. The highest BCUT2D eigenvalue weighted by Gasteiger charge is 2.36. The summed E-state index contributed by atoms with van der Waals surface area (Å²) in [5.41, 5.74) is 5.06. The third-order valence-electron chi connectivity index (χ3n) is 2.22. The van der Waals surface area contributed by atoms with Crippen molar-refractivity contribution in [3.05, 3.63) is 28.3 Å². The molecule has 1 heterocycles. The number of halogens is 4. The van der Waals surface area contributed by atoms with E-state index >= 15 is 0 Å². The molecule has 0 saturated heterocycles. The summed E-state index contributed by atoms with van der Waals surface area (Å²) in [5, 5.41) is -0.365. The highest BCUT2D eigenvalue weighted by atomic mass is 35.5. The van der Waals surface area contributed by atoms with E-state index in [1.807, 2.05) is 0 Å². The van der Waals surface area contributed by atoms with E-state index < -0.39 is 17.8 Å². The topological polar surface area (TPSA) is 35.2 Å². The number of nitrogens with two attached hydrogens (primary N) is 1. The van der Waals surface area contributed by atoms with Crippen LogP contribution in [0.2, 0.25) is 5.02 Å². The second-order valence-electron chi connectivity index (χ2n) is 3.29. The van der Waals surface area contributed by atoms with Gasteiger partial charge in [-0.3, -0.25) is 0 Å². The van der Waals surface area contributed by atoms with E-state index in [0.29, 0.717) is 11.3 Å². The molecule has 1 atom stereocenters. The number of ether oxygens (including phenoxy) is 1. The maximum Gasteiger partial charge on any atom is 0.417 e. The lowest BCUT2D eigenvalue weighted by atomic mass is 10.1. The maximum atomic E-state index is 12.5. The molecule has 0 amide bonds. The average molecular weight is 238 g/mol. The van der Waals surface area contributed by atoms with E-state index in [1.54, 1.807) is 0 Å². The first-order chi connectivity index (χ1) is 6.89. The molecule has 0 radical (unpaired) electrons. The van der Waals surface area contributed by atoms with Gasteiger partial charge in [0.25, 0.3) is 0 Å². The fraction of sp³-hybridized carbons (Fsp3) is 0.333. The maximum absolute atomic E-state index is 12.5. The van der Waals surface area contributed by atoms with Gasteiger partial charge in [0.15, 0.2) is 0 Å². The van der Waals surface area contributed by atoms with Crippen molar-refractivity contribution in [2.24, 2.45) is 5.73 Å². The molecule has 0 aromatic heterocycles. The van der Waals surface area contributed by atoms with Crippen LogP contribution in [0.25, 0.3) is 0 Å². The van der Waals surface area contributed by atoms with Crippen LogP contribution in [-0.4, -0.2) is 6.61 Å². The van der Waals surface area contributed by atoms with Crippen molar-refractivity contribution in [1.82, 2.24) is 0 Å². The predicted octanol–water partition coefficient (Wildman–Crippen LogP) is 2.75. The molecule has 0 bridgehead atoms. The van der Waals surface area contributed by atoms with Crippen molar-refractivity contribution in [3.63, 3.8) is 0 Å². The van der Waals surface area contributed by atoms with E-state index in [9.17, 15) is 13.2 Å². The van der Waals surface area contributed by atoms with Gasteiger partial charge < -0.3 is 10.5 Å². The largest absolute Gasteiger partial charge is 0.491 e. The molecule has 0 aliphatic carbocycles. The fourth-order valence-corrected chi connectivity index (χ4v) is 1.73. The van der Waals surface area contributed by atoms with Gasteiger partial charge in [-0.25, -0.2) is 0 Å². The van der Waals surface area contributed by atoms with Crippen LogP contribution in [0.4, 0.5) is 13.2 Å². The Labute approximate surface area is 88.8 Å². The zero-order chi connectivity index (χ0) is 11.2. The van der Waals surface area contributed by atoms with Crippen LogP contribution in [0.1, 0.15) is 17.2 Å². The number of hydrogen-bond donors (Lipinski definition) is 1. The van der Waals surface area contributed by atoms with Crippen molar-refractivity contribution in [2.75, 3.05) is 6.61 Å². The molecule has 0 fully saturated rings. The molecule has 1 aromatic rings. The molecule has 2 nitrogen and oxygen atoms in total. The molecular formula is C9H7ClF3NO. The van der Waals surface area contributed by atoms with Crippen molar-refractivity contribution >= 4 is 11.6 Å². The lowest BCUT2D eigenvalue weighted by molar-refractivity contribution is -0.137. The quantitative estimate of drug-likeness (QED) is 0.753.